The molecule has 0 saturated carbocycles. The van der Waals surface area contributed by atoms with Gasteiger partial charge in [-0.25, -0.2) is 37.0 Å². The van der Waals surface area contributed by atoms with Gasteiger partial charge in [0, 0.05) is 31.0 Å². The highest BCUT2D eigenvalue weighted by Gasteiger charge is 2.12. The van der Waals surface area contributed by atoms with Crippen molar-refractivity contribution in [2.45, 2.75) is 111 Å². The molecule has 3 aromatic heterocycles. The van der Waals surface area contributed by atoms with Gasteiger partial charge in [-0.1, -0.05) is 15.9 Å². The van der Waals surface area contributed by atoms with Gasteiger partial charge in [-0.05, 0) is 40.0 Å². The standard InChI is InChI=1S/C34H56BrN6O7/c1-34(2,3)48-28-10-17-41-23-22-40(31-41)16-9-27-47-33(43)46-26-8-15-39-21-19-37(30-39)13-5-4-12-36-18-20-38(29-36)14-7-25-45-32(42)44-24-6-11-35/h18-23,29-31H,4-17,24-28H2,1-3H3/q+3. The number of aryl methyl sites for hydroxylation is 6. The lowest BCUT2D eigenvalue weighted by Crippen LogP contribution is -2.32. The van der Waals surface area contributed by atoms with Gasteiger partial charge in [-0.3, -0.25) is 0 Å². The molecule has 0 aromatic carbocycles. The van der Waals surface area contributed by atoms with Crippen molar-refractivity contribution in [3.05, 3.63) is 56.2 Å². The summed E-state index contributed by atoms with van der Waals surface area (Å²) in [6.07, 6.45) is 23.4. The van der Waals surface area contributed by atoms with Crippen LogP contribution in [-0.2, 0) is 63.0 Å². The normalized spacial score (nSPS) is 11.5. The molecule has 3 heterocycles. The predicted octanol–water partition coefficient (Wildman–Crippen LogP) is 4.60. The number of carbonyl (C=O) groups is 2. The molecule has 0 amide bonds. The summed E-state index contributed by atoms with van der Waals surface area (Å²) in [7, 11) is 0. The van der Waals surface area contributed by atoms with Crippen LogP contribution in [0.1, 0.15) is 65.7 Å². The summed E-state index contributed by atoms with van der Waals surface area (Å²) in [6, 6.07) is 0. The zero-order chi connectivity index (χ0) is 34.5. The van der Waals surface area contributed by atoms with Gasteiger partial charge in [0.1, 0.15) is 37.2 Å². The van der Waals surface area contributed by atoms with E-state index in [-0.39, 0.29) is 5.60 Å². The first kappa shape index (κ1) is 39.1. The summed E-state index contributed by atoms with van der Waals surface area (Å²) in [6.45, 7) is 13.4. The van der Waals surface area contributed by atoms with Crippen molar-refractivity contribution in [3.63, 3.8) is 0 Å². The molecular weight excluding hydrogens is 684 g/mol. The molecule has 13 nitrogen and oxygen atoms in total. The van der Waals surface area contributed by atoms with Crippen molar-refractivity contribution < 1.29 is 47.0 Å². The number of imidazole rings is 3. The maximum Gasteiger partial charge on any atom is 0.508 e. The Hall–Kier alpha value is -3.39. The lowest BCUT2D eigenvalue weighted by atomic mass is 10.2. The lowest BCUT2D eigenvalue weighted by Gasteiger charge is -2.18. The Morgan fingerprint density at radius 1 is 0.562 bits per heavy atom. The van der Waals surface area contributed by atoms with Gasteiger partial charge in [-0.2, -0.15) is 0 Å². The number of ether oxygens (including phenoxy) is 5. The number of nitrogens with zero attached hydrogens (tertiary/aromatic N) is 6. The molecule has 0 N–H and O–H groups in total. The molecule has 0 unspecified atom stereocenters. The van der Waals surface area contributed by atoms with Crippen molar-refractivity contribution in [2.75, 3.05) is 38.4 Å². The SMILES string of the molecule is CC(C)(C)OCCCn1cc[n+](CCCOC(=O)OCCC[n+]2ccn(CCCCn3cc[n+](CCCOC(=O)OCCCBr)c3)c2)c1. The molecule has 3 aromatic rings. The Kier molecular flexibility index (Phi) is 18.1. The van der Waals surface area contributed by atoms with Crippen LogP contribution in [0.15, 0.2) is 56.2 Å². The van der Waals surface area contributed by atoms with Gasteiger partial charge < -0.3 is 23.7 Å². The molecular formula is C34H56BrN6O7+3. The summed E-state index contributed by atoms with van der Waals surface area (Å²) < 4.78 is 39.1. The van der Waals surface area contributed by atoms with Crippen molar-refractivity contribution >= 4 is 28.2 Å². The van der Waals surface area contributed by atoms with Gasteiger partial charge in [0.25, 0.3) is 0 Å². The Morgan fingerprint density at radius 3 is 1.31 bits per heavy atom. The monoisotopic (exact) mass is 739 g/mol. The summed E-state index contributed by atoms with van der Waals surface area (Å²) in [5.41, 5.74) is -0.103. The first-order valence-electron chi connectivity index (χ1n) is 17.1. The smallest absolute Gasteiger partial charge is 0.434 e. The topological polar surface area (TPSA) is 107 Å². The van der Waals surface area contributed by atoms with Gasteiger partial charge in [0.05, 0.1) is 77.9 Å². The number of rotatable bonds is 24. The number of aromatic nitrogens is 6. The zero-order valence-corrected chi connectivity index (χ0v) is 30.6. The minimum absolute atomic E-state index is 0.103. The quantitative estimate of drug-likeness (QED) is 0.0573. The van der Waals surface area contributed by atoms with E-state index in [2.05, 4.69) is 102 Å². The van der Waals surface area contributed by atoms with E-state index < -0.39 is 12.3 Å². The van der Waals surface area contributed by atoms with Crippen molar-refractivity contribution in [1.29, 1.82) is 0 Å². The van der Waals surface area contributed by atoms with Crippen LogP contribution in [0.25, 0.3) is 0 Å². The molecule has 14 heteroatoms. The van der Waals surface area contributed by atoms with E-state index in [0.29, 0.717) is 26.4 Å². The molecule has 3 rings (SSSR count). The molecule has 0 fully saturated rings. The molecule has 0 bridgehead atoms. The van der Waals surface area contributed by atoms with Crippen molar-refractivity contribution in [1.82, 2.24) is 13.7 Å². The molecule has 0 aliphatic heterocycles. The Morgan fingerprint density at radius 2 is 0.938 bits per heavy atom. The Balaban J connectivity index is 1.15. The van der Waals surface area contributed by atoms with E-state index in [9.17, 15) is 9.59 Å². The molecule has 0 saturated heterocycles. The number of halogens is 1. The highest BCUT2D eigenvalue weighted by Crippen LogP contribution is 2.07. The molecule has 0 spiro atoms. The van der Waals surface area contributed by atoms with Crippen LogP contribution in [0.2, 0.25) is 0 Å². The van der Waals surface area contributed by atoms with Crippen LogP contribution < -0.4 is 13.7 Å². The van der Waals surface area contributed by atoms with E-state index >= 15 is 0 Å². The third-order valence-electron chi connectivity index (χ3n) is 7.26. The van der Waals surface area contributed by atoms with Gasteiger partial charge in [0.15, 0.2) is 0 Å². The van der Waals surface area contributed by atoms with E-state index in [1.807, 2.05) is 18.6 Å². The van der Waals surface area contributed by atoms with Gasteiger partial charge in [0.2, 0.25) is 19.0 Å². The average molecular weight is 741 g/mol. The highest BCUT2D eigenvalue weighted by molar-refractivity contribution is 9.09. The number of alkyl halides is 1. The van der Waals surface area contributed by atoms with E-state index in [1.165, 1.54) is 0 Å². The first-order chi connectivity index (χ1) is 23.2. The molecule has 48 heavy (non-hydrogen) atoms. The first-order valence-corrected chi connectivity index (χ1v) is 18.3. The fourth-order valence-electron chi connectivity index (χ4n) is 4.83. The largest absolute Gasteiger partial charge is 0.508 e. The van der Waals surface area contributed by atoms with Crippen molar-refractivity contribution in [3.8, 4) is 0 Å². The summed E-state index contributed by atoms with van der Waals surface area (Å²) in [5, 5.41) is 0.798. The van der Waals surface area contributed by atoms with Crippen LogP contribution in [0, 0.1) is 0 Å². The maximum absolute atomic E-state index is 12.0. The Bertz CT molecular complexity index is 1320. The second-order valence-corrected chi connectivity index (χ2v) is 13.5. The third kappa shape index (κ3) is 17.7. The van der Waals surface area contributed by atoms with Crippen LogP contribution in [-0.4, -0.2) is 70.0 Å². The van der Waals surface area contributed by atoms with Gasteiger partial charge in [-0.15, -0.1) is 0 Å². The van der Waals surface area contributed by atoms with Gasteiger partial charge >= 0.3 is 12.3 Å². The molecule has 0 aliphatic rings. The van der Waals surface area contributed by atoms with E-state index in [1.54, 1.807) is 0 Å². The van der Waals surface area contributed by atoms with E-state index in [0.717, 1.165) is 96.2 Å². The summed E-state index contributed by atoms with van der Waals surface area (Å²) in [5.74, 6) is 0. The van der Waals surface area contributed by atoms with Crippen LogP contribution in [0.3, 0.4) is 0 Å². The maximum atomic E-state index is 12.0. The number of carbonyl (C=O) groups excluding carboxylic acids is 2. The van der Waals surface area contributed by atoms with Crippen molar-refractivity contribution in [2.24, 2.45) is 0 Å². The second-order valence-electron chi connectivity index (χ2n) is 12.7. The zero-order valence-electron chi connectivity index (χ0n) is 29.1. The van der Waals surface area contributed by atoms with Crippen LogP contribution in [0.4, 0.5) is 9.59 Å². The molecule has 0 aliphatic carbocycles. The van der Waals surface area contributed by atoms with Crippen LogP contribution in [0.5, 0.6) is 0 Å². The molecule has 0 atom stereocenters. The summed E-state index contributed by atoms with van der Waals surface area (Å²) in [4.78, 5) is 23.4. The Labute approximate surface area is 293 Å². The van der Waals surface area contributed by atoms with Crippen LogP contribution >= 0.6 is 15.9 Å². The predicted molar refractivity (Wildman–Crippen MR) is 180 cm³/mol. The number of hydrogen-bond acceptors (Lipinski definition) is 7. The number of unbranched alkanes of at least 4 members (excludes halogenated alkanes) is 1. The fourth-order valence-corrected chi connectivity index (χ4v) is 5.05. The molecule has 268 valence electrons. The lowest BCUT2D eigenvalue weighted by molar-refractivity contribution is -0.697. The second kappa shape index (κ2) is 22.3. The average Bonchev–Trinajstić information content (AvgIpc) is 3.82. The van der Waals surface area contributed by atoms with E-state index in [4.69, 9.17) is 23.7 Å². The molecule has 0 radical (unpaired) electrons. The highest BCUT2D eigenvalue weighted by atomic mass is 79.9. The minimum Gasteiger partial charge on any atom is -0.434 e. The minimum atomic E-state index is -0.611. The summed E-state index contributed by atoms with van der Waals surface area (Å²) >= 11 is 3.30. The fraction of sp³-hybridized carbons (Fsp3) is 0.676. The number of hydrogen-bond donors (Lipinski definition) is 0. The third-order valence-corrected chi connectivity index (χ3v) is 7.82.